The zero-order chi connectivity index (χ0) is 24.7. The van der Waals surface area contributed by atoms with Gasteiger partial charge in [0.25, 0.3) is 0 Å². The van der Waals surface area contributed by atoms with E-state index in [0.717, 1.165) is 8.66 Å². The van der Waals surface area contributed by atoms with Gasteiger partial charge in [0, 0.05) is 10.6 Å². The number of allylic oxidation sites excluding steroid dienone is 1. The number of aliphatic hydroxyl groups is 1. The Morgan fingerprint density at radius 2 is 2.12 bits per heavy atom. The topological polar surface area (TPSA) is 131 Å². The minimum atomic E-state index is -1.06. The van der Waals surface area contributed by atoms with Crippen LogP contribution in [0.3, 0.4) is 0 Å². The number of hydrogen-bond acceptors (Lipinski definition) is 9. The Balaban J connectivity index is 1.72. The second kappa shape index (κ2) is 11.9. The fourth-order valence-electron chi connectivity index (χ4n) is 3.21. The molecule has 1 aliphatic rings. The summed E-state index contributed by atoms with van der Waals surface area (Å²) >= 11 is 4.89. The number of benzene rings is 1. The molecule has 10 nitrogen and oxygen atoms in total. The molecule has 0 aliphatic carbocycles. The number of nitrogens with one attached hydrogen (secondary N) is 3. The molecule has 2 amide bonds. The molecule has 2 aromatic rings. The third-order valence-electron chi connectivity index (χ3n) is 4.68. The van der Waals surface area contributed by atoms with Crippen molar-refractivity contribution in [3.05, 3.63) is 55.8 Å². The van der Waals surface area contributed by atoms with Gasteiger partial charge in [-0.25, -0.2) is 9.59 Å². The Morgan fingerprint density at radius 1 is 1.32 bits per heavy atom. The highest BCUT2D eigenvalue weighted by Crippen LogP contribution is 2.34. The highest BCUT2D eigenvalue weighted by molar-refractivity contribution is 9.11. The van der Waals surface area contributed by atoms with E-state index in [1.54, 1.807) is 31.3 Å². The summed E-state index contributed by atoms with van der Waals surface area (Å²) in [5.41, 5.74) is 3.90. The van der Waals surface area contributed by atoms with Crippen LogP contribution in [0.4, 0.5) is 4.79 Å². The third kappa shape index (κ3) is 6.49. The zero-order valence-corrected chi connectivity index (χ0v) is 21.2. The Bertz CT molecular complexity index is 1100. The maximum Gasteiger partial charge on any atom is 0.337 e. The van der Waals surface area contributed by atoms with Gasteiger partial charge >= 0.3 is 12.0 Å². The van der Waals surface area contributed by atoms with Crippen molar-refractivity contribution < 1.29 is 28.9 Å². The first-order valence-electron chi connectivity index (χ1n) is 10.3. The fourth-order valence-corrected chi connectivity index (χ4v) is 4.50. The first-order chi connectivity index (χ1) is 16.3. The van der Waals surface area contributed by atoms with Crippen LogP contribution in [0.15, 0.2) is 50.5 Å². The summed E-state index contributed by atoms with van der Waals surface area (Å²) in [5, 5.41) is 19.5. The minimum absolute atomic E-state index is 0.0958. The monoisotopic (exact) mass is 552 g/mol. The molecule has 3 rings (SSSR count). The lowest BCUT2D eigenvalue weighted by molar-refractivity contribution is -0.136. The molecule has 0 spiro atoms. The molecule has 2 heterocycles. The molecule has 0 radical (unpaired) electrons. The Kier molecular flexibility index (Phi) is 8.91. The van der Waals surface area contributed by atoms with Crippen LogP contribution in [-0.2, 0) is 9.53 Å². The Labute approximate surface area is 209 Å². The van der Waals surface area contributed by atoms with Crippen molar-refractivity contribution in [2.45, 2.75) is 26.1 Å². The number of esters is 1. The van der Waals surface area contributed by atoms with Gasteiger partial charge in [0.2, 0.25) is 0 Å². The third-order valence-corrected chi connectivity index (χ3v) is 6.24. The molecule has 1 aromatic heterocycles. The number of rotatable bonds is 10. The van der Waals surface area contributed by atoms with Gasteiger partial charge in [-0.2, -0.15) is 5.10 Å². The molecule has 2 atom stereocenters. The zero-order valence-electron chi connectivity index (χ0n) is 18.8. The standard InChI is InChI=1S/C22H25BrN4O6S/c1-4-32-16-9-13(20-19(21(29)31-3)12(2)25-22(30)26-20)5-7-15(16)33-11-18(28)27-24-10-14-6-8-17(23)34-14/h5-10,18,20,27-28H,4,11H2,1-3H3,(H2,25,26,30)/b24-10-/t18-,20+/m1/s1. The summed E-state index contributed by atoms with van der Waals surface area (Å²) in [7, 11) is 1.28. The van der Waals surface area contributed by atoms with Crippen molar-refractivity contribution in [1.29, 1.82) is 0 Å². The summed E-state index contributed by atoms with van der Waals surface area (Å²) in [6.07, 6.45) is 0.537. The summed E-state index contributed by atoms with van der Waals surface area (Å²) < 4.78 is 17.3. The summed E-state index contributed by atoms with van der Waals surface area (Å²) in [4.78, 5) is 25.3. The van der Waals surface area contributed by atoms with E-state index in [4.69, 9.17) is 14.2 Å². The molecule has 12 heteroatoms. The average Bonchev–Trinajstić information content (AvgIpc) is 3.22. The van der Waals surface area contributed by atoms with E-state index in [1.165, 1.54) is 18.4 Å². The Hall–Kier alpha value is -3.09. The van der Waals surface area contributed by atoms with Crippen LogP contribution in [0.1, 0.15) is 30.3 Å². The number of carbonyl (C=O) groups is 2. The number of aliphatic hydroxyl groups excluding tert-OH is 1. The number of urea groups is 1. The van der Waals surface area contributed by atoms with Gasteiger partial charge in [-0.05, 0) is 59.6 Å². The van der Waals surface area contributed by atoms with Crippen LogP contribution in [0, 0.1) is 0 Å². The predicted molar refractivity (Wildman–Crippen MR) is 131 cm³/mol. The molecule has 1 aliphatic heterocycles. The van der Waals surface area contributed by atoms with Crippen LogP contribution >= 0.6 is 27.3 Å². The van der Waals surface area contributed by atoms with Gasteiger partial charge < -0.3 is 30.0 Å². The van der Waals surface area contributed by atoms with Crippen molar-refractivity contribution in [2.75, 3.05) is 20.3 Å². The van der Waals surface area contributed by atoms with E-state index in [-0.39, 0.29) is 12.2 Å². The second-order valence-electron chi connectivity index (χ2n) is 7.06. The highest BCUT2D eigenvalue weighted by atomic mass is 79.9. The summed E-state index contributed by atoms with van der Waals surface area (Å²) in [6, 6.07) is 7.68. The van der Waals surface area contributed by atoms with E-state index < -0.39 is 24.3 Å². The van der Waals surface area contributed by atoms with E-state index in [9.17, 15) is 14.7 Å². The molecule has 4 N–H and O–H groups in total. The van der Waals surface area contributed by atoms with Crippen molar-refractivity contribution in [2.24, 2.45) is 5.10 Å². The normalized spacial score (nSPS) is 16.6. The quantitative estimate of drug-likeness (QED) is 0.154. The van der Waals surface area contributed by atoms with E-state index >= 15 is 0 Å². The number of ether oxygens (including phenoxy) is 3. The first kappa shape index (κ1) is 25.5. The molecular formula is C22H25BrN4O6S. The molecule has 0 saturated heterocycles. The molecule has 0 saturated carbocycles. The number of nitrogens with zero attached hydrogens (tertiary/aromatic N) is 1. The lowest BCUT2D eigenvalue weighted by Gasteiger charge is -2.28. The number of hydrazone groups is 1. The molecule has 0 bridgehead atoms. The van der Waals surface area contributed by atoms with Crippen LogP contribution < -0.4 is 25.5 Å². The summed E-state index contributed by atoms with van der Waals surface area (Å²) in [5.74, 6) is 0.227. The van der Waals surface area contributed by atoms with Gasteiger partial charge in [-0.15, -0.1) is 11.3 Å². The number of methoxy groups -OCH3 is 1. The fraction of sp³-hybridized carbons (Fsp3) is 0.318. The van der Waals surface area contributed by atoms with Crippen LogP contribution in [-0.4, -0.2) is 49.9 Å². The van der Waals surface area contributed by atoms with Crippen molar-refractivity contribution in [3.8, 4) is 11.5 Å². The Morgan fingerprint density at radius 3 is 2.79 bits per heavy atom. The molecule has 0 unspecified atom stereocenters. The van der Waals surface area contributed by atoms with Crippen LogP contribution in [0.25, 0.3) is 0 Å². The van der Waals surface area contributed by atoms with Crippen molar-refractivity contribution in [3.63, 3.8) is 0 Å². The smallest absolute Gasteiger partial charge is 0.337 e. The minimum Gasteiger partial charge on any atom is -0.490 e. The second-order valence-corrected chi connectivity index (χ2v) is 9.55. The molecule has 34 heavy (non-hydrogen) atoms. The SMILES string of the molecule is CCOc1cc([C@@H]2NC(=O)NC(C)=C2C(=O)OC)ccc1OC[C@@H](O)N/N=C\c1ccc(Br)s1. The number of amides is 2. The maximum absolute atomic E-state index is 12.3. The summed E-state index contributed by atoms with van der Waals surface area (Å²) in [6.45, 7) is 3.72. The van der Waals surface area contributed by atoms with Crippen molar-refractivity contribution >= 4 is 45.5 Å². The van der Waals surface area contributed by atoms with E-state index in [0.29, 0.717) is 29.4 Å². The van der Waals surface area contributed by atoms with Gasteiger partial charge in [-0.1, -0.05) is 6.07 Å². The van der Waals surface area contributed by atoms with Gasteiger partial charge in [0.1, 0.15) is 6.61 Å². The van der Waals surface area contributed by atoms with Gasteiger partial charge in [-0.3, -0.25) is 5.43 Å². The van der Waals surface area contributed by atoms with Gasteiger partial charge in [0.05, 0.1) is 35.3 Å². The number of carbonyl (C=O) groups excluding carboxylic acids is 2. The largest absolute Gasteiger partial charge is 0.490 e. The molecule has 1 aromatic carbocycles. The molecule has 182 valence electrons. The number of thiophene rings is 1. The van der Waals surface area contributed by atoms with E-state index in [1.807, 2.05) is 19.1 Å². The van der Waals surface area contributed by atoms with Gasteiger partial charge in [0.15, 0.2) is 17.7 Å². The lowest BCUT2D eigenvalue weighted by Crippen LogP contribution is -2.45. The lowest BCUT2D eigenvalue weighted by atomic mass is 9.95. The molecular weight excluding hydrogens is 528 g/mol. The van der Waals surface area contributed by atoms with Crippen LogP contribution in [0.2, 0.25) is 0 Å². The predicted octanol–water partition coefficient (Wildman–Crippen LogP) is 3.03. The van der Waals surface area contributed by atoms with Crippen LogP contribution in [0.5, 0.6) is 11.5 Å². The first-order valence-corrected chi connectivity index (χ1v) is 11.9. The average molecular weight is 553 g/mol. The number of hydrogen-bond donors (Lipinski definition) is 4. The van der Waals surface area contributed by atoms with Crippen molar-refractivity contribution in [1.82, 2.24) is 16.1 Å². The van der Waals surface area contributed by atoms with E-state index in [2.05, 4.69) is 37.1 Å². The highest BCUT2D eigenvalue weighted by Gasteiger charge is 2.32. The maximum atomic E-state index is 12.3. The number of halogens is 1. The molecule has 0 fully saturated rings.